The molecule has 1 aromatic heterocycles. The minimum Gasteiger partial charge on any atom is -0.441 e. The molecule has 0 saturated carbocycles. The van der Waals surface area contributed by atoms with E-state index in [-0.39, 0.29) is 18.0 Å². The van der Waals surface area contributed by atoms with Gasteiger partial charge in [-0.25, -0.2) is 13.4 Å². The van der Waals surface area contributed by atoms with Gasteiger partial charge in [0, 0.05) is 16.5 Å². The first-order valence-electron chi connectivity index (χ1n) is 9.23. The van der Waals surface area contributed by atoms with E-state index in [0.29, 0.717) is 23.8 Å². The van der Waals surface area contributed by atoms with Gasteiger partial charge in [0.1, 0.15) is 17.3 Å². The molecule has 0 N–H and O–H groups in total. The van der Waals surface area contributed by atoms with Crippen LogP contribution < -0.4 is 0 Å². The van der Waals surface area contributed by atoms with Crippen molar-refractivity contribution >= 4 is 31.6 Å². The highest BCUT2D eigenvalue weighted by molar-refractivity contribution is 9.10. The van der Waals surface area contributed by atoms with Crippen molar-refractivity contribution in [2.24, 2.45) is 0 Å². The van der Waals surface area contributed by atoms with Crippen molar-refractivity contribution in [2.75, 3.05) is 5.75 Å². The van der Waals surface area contributed by atoms with Crippen LogP contribution in [0.15, 0.2) is 57.4 Å². The molecule has 0 saturated heterocycles. The predicted molar refractivity (Wildman–Crippen MR) is 116 cm³/mol. The molecule has 0 amide bonds. The maximum Gasteiger partial charge on any atom is 0.226 e. The zero-order chi connectivity index (χ0) is 21.0. The molecular formula is C22H22BrNO4S. The normalized spacial score (nSPS) is 11.6. The summed E-state index contributed by atoms with van der Waals surface area (Å²) in [5, 5.41) is 0. The fourth-order valence-corrected chi connectivity index (χ4v) is 4.95. The second-order valence-corrected chi connectivity index (χ2v) is 9.92. The first-order valence-corrected chi connectivity index (χ1v) is 11.8. The molecule has 1 heterocycles. The molecule has 5 nitrogen and oxygen atoms in total. The van der Waals surface area contributed by atoms with Crippen LogP contribution in [0.25, 0.3) is 11.5 Å². The summed E-state index contributed by atoms with van der Waals surface area (Å²) in [7, 11) is -3.63. The zero-order valence-corrected chi connectivity index (χ0v) is 18.7. The smallest absolute Gasteiger partial charge is 0.226 e. The lowest BCUT2D eigenvalue weighted by molar-refractivity contribution is -0.116. The molecule has 152 valence electrons. The number of halogens is 1. The Balaban J connectivity index is 1.66. The molecule has 29 heavy (non-hydrogen) atoms. The molecule has 7 heteroatoms. The SMILES string of the molecule is Cc1ccccc1-c1nc(CS(=O)(=O)CC(=O)CCc2ccccc2Br)c(C)o1. The average molecular weight is 476 g/mol. The Morgan fingerprint density at radius 3 is 2.48 bits per heavy atom. The number of hydrogen-bond acceptors (Lipinski definition) is 5. The number of sulfone groups is 1. The lowest BCUT2D eigenvalue weighted by atomic mass is 10.1. The van der Waals surface area contributed by atoms with E-state index < -0.39 is 15.6 Å². The molecule has 0 atom stereocenters. The summed E-state index contributed by atoms with van der Waals surface area (Å²) in [5.74, 6) is -0.266. The summed E-state index contributed by atoms with van der Waals surface area (Å²) in [4.78, 5) is 16.6. The molecular weight excluding hydrogens is 454 g/mol. The lowest BCUT2D eigenvalue weighted by Gasteiger charge is -2.05. The number of aryl methyl sites for hydroxylation is 3. The van der Waals surface area contributed by atoms with Gasteiger partial charge in [-0.15, -0.1) is 0 Å². The number of aromatic nitrogens is 1. The second kappa shape index (κ2) is 9.05. The standard InChI is InChI=1S/C22H22BrNO4S/c1-15-7-3-5-9-19(15)22-24-21(16(2)28-22)14-29(26,27)13-18(25)12-11-17-8-4-6-10-20(17)23/h3-10H,11-14H2,1-2H3. The molecule has 0 fully saturated rings. The van der Waals surface area contributed by atoms with Crippen LogP contribution in [-0.2, 0) is 26.8 Å². The fourth-order valence-electron chi connectivity index (χ4n) is 3.04. The molecule has 0 aliphatic rings. The van der Waals surface area contributed by atoms with Gasteiger partial charge in [0.25, 0.3) is 0 Å². The second-order valence-electron chi connectivity index (χ2n) is 7.00. The fraction of sp³-hybridized carbons (Fsp3) is 0.273. The minimum atomic E-state index is -3.63. The number of nitrogens with zero attached hydrogens (tertiary/aromatic N) is 1. The molecule has 0 aliphatic heterocycles. The van der Waals surface area contributed by atoms with Crippen LogP contribution >= 0.6 is 15.9 Å². The molecule has 0 bridgehead atoms. The van der Waals surface area contributed by atoms with Gasteiger partial charge in [0.2, 0.25) is 5.89 Å². The van der Waals surface area contributed by atoms with E-state index in [0.717, 1.165) is 21.2 Å². The minimum absolute atomic E-state index is 0.175. The van der Waals surface area contributed by atoms with Crippen molar-refractivity contribution in [2.45, 2.75) is 32.4 Å². The van der Waals surface area contributed by atoms with Crippen LogP contribution in [-0.4, -0.2) is 24.9 Å². The highest BCUT2D eigenvalue weighted by Gasteiger charge is 2.22. The van der Waals surface area contributed by atoms with Gasteiger partial charge in [-0.2, -0.15) is 0 Å². The molecule has 2 aromatic carbocycles. The first-order chi connectivity index (χ1) is 13.7. The van der Waals surface area contributed by atoms with Gasteiger partial charge in [-0.3, -0.25) is 4.79 Å². The van der Waals surface area contributed by atoms with Gasteiger partial charge in [0.15, 0.2) is 9.84 Å². The Kier molecular flexibility index (Phi) is 6.70. The number of oxazole rings is 1. The summed E-state index contributed by atoms with van der Waals surface area (Å²) in [5.41, 5.74) is 3.14. The quantitative estimate of drug-likeness (QED) is 0.465. The summed E-state index contributed by atoms with van der Waals surface area (Å²) in [6.07, 6.45) is 0.671. The number of carbonyl (C=O) groups excluding carboxylic acids is 1. The average Bonchev–Trinajstić information content (AvgIpc) is 3.00. The third-order valence-corrected chi connectivity index (χ3v) is 6.89. The highest BCUT2D eigenvalue weighted by atomic mass is 79.9. The summed E-state index contributed by atoms with van der Waals surface area (Å²) in [6, 6.07) is 15.2. The van der Waals surface area contributed by atoms with Crippen LogP contribution in [0.5, 0.6) is 0 Å². The topological polar surface area (TPSA) is 77.2 Å². The van der Waals surface area contributed by atoms with Gasteiger partial charge in [-0.05, 0) is 43.5 Å². The number of benzene rings is 2. The van der Waals surface area contributed by atoms with E-state index in [9.17, 15) is 13.2 Å². The third kappa shape index (κ3) is 5.64. The zero-order valence-electron chi connectivity index (χ0n) is 16.3. The largest absolute Gasteiger partial charge is 0.441 e. The first kappa shape index (κ1) is 21.5. The Labute approximate surface area is 179 Å². The van der Waals surface area contributed by atoms with E-state index in [1.165, 1.54) is 0 Å². The molecule has 3 rings (SSSR count). The van der Waals surface area contributed by atoms with Gasteiger partial charge >= 0.3 is 0 Å². The molecule has 0 unspecified atom stereocenters. The summed E-state index contributed by atoms with van der Waals surface area (Å²) in [6.45, 7) is 3.63. The van der Waals surface area contributed by atoms with Crippen LogP contribution in [0.2, 0.25) is 0 Å². The van der Waals surface area contributed by atoms with Crippen molar-refractivity contribution < 1.29 is 17.6 Å². The van der Waals surface area contributed by atoms with Gasteiger partial charge < -0.3 is 4.42 Å². The third-order valence-electron chi connectivity index (χ3n) is 4.64. The molecule has 0 aliphatic carbocycles. The van der Waals surface area contributed by atoms with E-state index in [2.05, 4.69) is 20.9 Å². The number of hydrogen-bond donors (Lipinski definition) is 0. The Morgan fingerprint density at radius 1 is 1.07 bits per heavy atom. The number of carbonyl (C=O) groups is 1. The van der Waals surface area contributed by atoms with Gasteiger partial charge in [-0.1, -0.05) is 52.3 Å². The van der Waals surface area contributed by atoms with Crippen LogP contribution in [0.1, 0.15) is 29.0 Å². The maximum atomic E-state index is 12.5. The number of ketones is 1. The molecule has 3 aromatic rings. The highest BCUT2D eigenvalue weighted by Crippen LogP contribution is 2.25. The monoisotopic (exact) mass is 475 g/mol. The van der Waals surface area contributed by atoms with Gasteiger partial charge in [0.05, 0.1) is 11.4 Å². The van der Waals surface area contributed by atoms with Crippen LogP contribution in [0, 0.1) is 13.8 Å². The van der Waals surface area contributed by atoms with Crippen LogP contribution in [0.3, 0.4) is 0 Å². The number of Topliss-reactive ketones (excluding diaryl/α,β-unsaturated/α-hetero) is 1. The van der Waals surface area contributed by atoms with E-state index >= 15 is 0 Å². The van der Waals surface area contributed by atoms with Crippen molar-refractivity contribution in [1.29, 1.82) is 0 Å². The molecule has 0 spiro atoms. The summed E-state index contributed by atoms with van der Waals surface area (Å²) < 4.78 is 31.7. The van der Waals surface area contributed by atoms with Crippen molar-refractivity contribution in [3.8, 4) is 11.5 Å². The van der Waals surface area contributed by atoms with E-state index in [4.69, 9.17) is 4.42 Å². The Bertz CT molecular complexity index is 1140. The lowest BCUT2D eigenvalue weighted by Crippen LogP contribution is -2.18. The van der Waals surface area contributed by atoms with E-state index in [1.54, 1.807) is 6.92 Å². The number of rotatable bonds is 8. The molecule has 0 radical (unpaired) electrons. The van der Waals surface area contributed by atoms with Crippen molar-refractivity contribution in [3.63, 3.8) is 0 Å². The van der Waals surface area contributed by atoms with Crippen molar-refractivity contribution in [1.82, 2.24) is 4.98 Å². The predicted octanol–water partition coefficient (Wildman–Crippen LogP) is 4.84. The van der Waals surface area contributed by atoms with E-state index in [1.807, 2.05) is 55.5 Å². The maximum absolute atomic E-state index is 12.5. The van der Waals surface area contributed by atoms with Crippen LogP contribution in [0.4, 0.5) is 0 Å². The Morgan fingerprint density at radius 2 is 1.76 bits per heavy atom. The summed E-state index contributed by atoms with van der Waals surface area (Å²) >= 11 is 3.44. The van der Waals surface area contributed by atoms with Crippen molar-refractivity contribution in [3.05, 3.63) is 75.6 Å². The Hall–Kier alpha value is -2.25.